The van der Waals surface area contributed by atoms with Crippen LogP contribution in [0.3, 0.4) is 0 Å². The van der Waals surface area contributed by atoms with Gasteiger partial charge >= 0.3 is 0 Å². The van der Waals surface area contributed by atoms with Crippen molar-refractivity contribution in [1.82, 2.24) is 0 Å². The van der Waals surface area contributed by atoms with Crippen LogP contribution in [0.25, 0.3) is 0 Å². The Balaban J connectivity index is 2.79. The predicted molar refractivity (Wildman–Crippen MR) is 55.3 cm³/mol. The van der Waals surface area contributed by atoms with Gasteiger partial charge in [0.1, 0.15) is 6.17 Å². The molecule has 1 aliphatic rings. The summed E-state index contributed by atoms with van der Waals surface area (Å²) in [6, 6.07) is 0. The third-order valence-electron chi connectivity index (χ3n) is 2.31. The van der Waals surface area contributed by atoms with Crippen LogP contribution in [0.1, 0.15) is 27.2 Å². The maximum atomic E-state index is 12.8. The molecule has 0 fully saturated rings. The van der Waals surface area contributed by atoms with Gasteiger partial charge in [-0.05, 0) is 30.1 Å². The smallest absolute Gasteiger partial charge is 0.122 e. The molecule has 13 heavy (non-hydrogen) atoms. The summed E-state index contributed by atoms with van der Waals surface area (Å²) in [5.41, 5.74) is 2.49. The van der Waals surface area contributed by atoms with Gasteiger partial charge < -0.3 is 0 Å². The highest BCUT2D eigenvalue weighted by atomic mass is 19.1. The third-order valence-corrected chi connectivity index (χ3v) is 2.31. The minimum atomic E-state index is -0.783. The highest BCUT2D eigenvalue weighted by molar-refractivity contribution is 5.42. The van der Waals surface area contributed by atoms with Crippen LogP contribution in [0.2, 0.25) is 0 Å². The highest BCUT2D eigenvalue weighted by Gasteiger charge is 2.11. The van der Waals surface area contributed by atoms with Gasteiger partial charge in [0.2, 0.25) is 0 Å². The van der Waals surface area contributed by atoms with E-state index in [0.717, 1.165) is 0 Å². The van der Waals surface area contributed by atoms with Gasteiger partial charge in [0.05, 0.1) is 0 Å². The van der Waals surface area contributed by atoms with E-state index in [1.165, 1.54) is 11.1 Å². The molecule has 1 rings (SSSR count). The van der Waals surface area contributed by atoms with Gasteiger partial charge in [-0.2, -0.15) is 0 Å². The van der Waals surface area contributed by atoms with Crippen LogP contribution < -0.4 is 0 Å². The Kier molecular flexibility index (Phi) is 3.47. The molecule has 0 aromatic rings. The number of allylic oxidation sites excluding steroid dienone is 6. The largest absolute Gasteiger partial charge is 0.243 e. The Morgan fingerprint density at radius 1 is 1.62 bits per heavy atom. The molecular weight excluding hydrogens is 163 g/mol. The molecule has 0 aromatic carbocycles. The molecule has 0 saturated carbocycles. The normalized spacial score (nSPS) is 23.6. The van der Waals surface area contributed by atoms with E-state index in [2.05, 4.69) is 19.9 Å². The fourth-order valence-corrected chi connectivity index (χ4v) is 1.64. The minimum Gasteiger partial charge on any atom is -0.243 e. The maximum Gasteiger partial charge on any atom is 0.122 e. The fourth-order valence-electron chi connectivity index (χ4n) is 1.64. The zero-order valence-electron chi connectivity index (χ0n) is 8.55. The summed E-state index contributed by atoms with van der Waals surface area (Å²) in [6.45, 7) is 6.35. The summed E-state index contributed by atoms with van der Waals surface area (Å²) in [6.07, 6.45) is 7.37. The fraction of sp³-hybridized carbons (Fsp3) is 0.500. The summed E-state index contributed by atoms with van der Waals surface area (Å²) in [5.74, 6) is 0.511. The van der Waals surface area contributed by atoms with E-state index in [-0.39, 0.29) is 0 Å². The van der Waals surface area contributed by atoms with Gasteiger partial charge in [-0.3, -0.25) is 0 Å². The van der Waals surface area contributed by atoms with E-state index in [0.29, 0.717) is 12.3 Å². The SMILES string of the molecule is C/C=C(\C1=CCC(F)C=C1)C(C)C. The van der Waals surface area contributed by atoms with Crippen LogP contribution in [0.5, 0.6) is 0 Å². The molecule has 1 unspecified atom stereocenters. The third kappa shape index (κ3) is 2.55. The van der Waals surface area contributed by atoms with Crippen molar-refractivity contribution in [3.63, 3.8) is 0 Å². The number of alkyl halides is 1. The van der Waals surface area contributed by atoms with Crippen molar-refractivity contribution in [3.05, 3.63) is 35.5 Å². The van der Waals surface area contributed by atoms with Gasteiger partial charge in [-0.15, -0.1) is 0 Å². The lowest BCUT2D eigenvalue weighted by Crippen LogP contribution is -2.03. The van der Waals surface area contributed by atoms with Crippen molar-refractivity contribution in [3.8, 4) is 0 Å². The monoisotopic (exact) mass is 180 g/mol. The van der Waals surface area contributed by atoms with Crippen molar-refractivity contribution < 1.29 is 4.39 Å². The van der Waals surface area contributed by atoms with Crippen molar-refractivity contribution in [2.75, 3.05) is 0 Å². The summed E-state index contributed by atoms with van der Waals surface area (Å²) >= 11 is 0. The van der Waals surface area contributed by atoms with Gasteiger partial charge in [0.15, 0.2) is 0 Å². The molecule has 0 heterocycles. The second-order valence-electron chi connectivity index (χ2n) is 3.67. The second kappa shape index (κ2) is 4.40. The Morgan fingerprint density at radius 2 is 2.31 bits per heavy atom. The molecule has 1 atom stereocenters. The average Bonchev–Trinajstić information content (AvgIpc) is 2.09. The molecule has 0 N–H and O–H groups in total. The highest BCUT2D eigenvalue weighted by Crippen LogP contribution is 2.24. The van der Waals surface area contributed by atoms with E-state index in [1.54, 1.807) is 6.08 Å². The van der Waals surface area contributed by atoms with Gasteiger partial charge in [0.25, 0.3) is 0 Å². The lowest BCUT2D eigenvalue weighted by molar-refractivity contribution is 0.400. The van der Waals surface area contributed by atoms with Crippen LogP contribution in [-0.2, 0) is 0 Å². The molecule has 0 nitrogen and oxygen atoms in total. The van der Waals surface area contributed by atoms with E-state index in [9.17, 15) is 4.39 Å². The van der Waals surface area contributed by atoms with E-state index in [4.69, 9.17) is 0 Å². The molecule has 0 aromatic heterocycles. The van der Waals surface area contributed by atoms with E-state index < -0.39 is 6.17 Å². The molecule has 0 saturated heterocycles. The Labute approximate surface area is 79.8 Å². The molecule has 0 bridgehead atoms. The topological polar surface area (TPSA) is 0 Å². The Bertz CT molecular complexity index is 256. The quantitative estimate of drug-likeness (QED) is 0.606. The molecule has 0 spiro atoms. The van der Waals surface area contributed by atoms with Crippen molar-refractivity contribution in [1.29, 1.82) is 0 Å². The minimum absolute atomic E-state index is 0.511. The van der Waals surface area contributed by atoms with Gasteiger partial charge in [-0.1, -0.05) is 32.1 Å². The summed E-state index contributed by atoms with van der Waals surface area (Å²) in [4.78, 5) is 0. The summed E-state index contributed by atoms with van der Waals surface area (Å²) in [7, 11) is 0. The molecule has 72 valence electrons. The zero-order valence-corrected chi connectivity index (χ0v) is 8.55. The molecule has 0 radical (unpaired) electrons. The van der Waals surface area contributed by atoms with Gasteiger partial charge in [0, 0.05) is 6.42 Å². The molecule has 0 amide bonds. The predicted octanol–water partition coefficient (Wildman–Crippen LogP) is 3.81. The van der Waals surface area contributed by atoms with Crippen molar-refractivity contribution >= 4 is 0 Å². The van der Waals surface area contributed by atoms with Crippen LogP contribution in [0.15, 0.2) is 35.5 Å². The Morgan fingerprint density at radius 3 is 2.69 bits per heavy atom. The first kappa shape index (κ1) is 10.2. The Hall–Kier alpha value is -0.850. The first-order valence-corrected chi connectivity index (χ1v) is 4.84. The van der Waals surface area contributed by atoms with Crippen molar-refractivity contribution in [2.45, 2.75) is 33.4 Å². The summed E-state index contributed by atoms with van der Waals surface area (Å²) < 4.78 is 12.8. The summed E-state index contributed by atoms with van der Waals surface area (Å²) in [5, 5.41) is 0. The zero-order chi connectivity index (χ0) is 9.84. The maximum absolute atomic E-state index is 12.8. The molecule has 0 aliphatic heterocycles. The lowest BCUT2D eigenvalue weighted by atomic mass is 9.91. The first-order chi connectivity index (χ1) is 6.15. The average molecular weight is 180 g/mol. The molecule has 1 heteroatoms. The van der Waals surface area contributed by atoms with Crippen LogP contribution in [0, 0.1) is 5.92 Å². The van der Waals surface area contributed by atoms with Gasteiger partial charge in [-0.25, -0.2) is 4.39 Å². The second-order valence-corrected chi connectivity index (χ2v) is 3.67. The number of hydrogen-bond donors (Lipinski definition) is 0. The van der Waals surface area contributed by atoms with Crippen LogP contribution >= 0.6 is 0 Å². The standard InChI is InChI=1S/C12H17F/c1-4-12(9(2)3)10-5-7-11(13)8-6-10/h4-7,9,11H,8H2,1-3H3/b12-4-. The number of halogens is 1. The number of hydrogen-bond acceptors (Lipinski definition) is 0. The van der Waals surface area contributed by atoms with Crippen molar-refractivity contribution in [2.24, 2.45) is 5.92 Å². The molecular formula is C12H17F. The van der Waals surface area contributed by atoms with Crippen LogP contribution in [0.4, 0.5) is 4.39 Å². The molecule has 1 aliphatic carbocycles. The van der Waals surface area contributed by atoms with E-state index in [1.807, 2.05) is 19.1 Å². The van der Waals surface area contributed by atoms with E-state index >= 15 is 0 Å². The van der Waals surface area contributed by atoms with Crippen LogP contribution in [-0.4, -0.2) is 6.17 Å². The number of rotatable bonds is 2. The first-order valence-electron chi connectivity index (χ1n) is 4.84. The lowest BCUT2D eigenvalue weighted by Gasteiger charge is -2.15.